The molecule has 0 radical (unpaired) electrons. The smallest absolute Gasteiger partial charge is 0.242 e. The van der Waals surface area contributed by atoms with Crippen LogP contribution >= 0.6 is 0 Å². The Morgan fingerprint density at radius 3 is 2.65 bits per heavy atom. The van der Waals surface area contributed by atoms with E-state index in [2.05, 4.69) is 27.8 Å². The number of nitrogens with zero attached hydrogens (tertiary/aromatic N) is 3. The van der Waals surface area contributed by atoms with E-state index in [1.807, 2.05) is 42.5 Å². The maximum Gasteiger partial charge on any atom is 0.242 e. The Morgan fingerprint density at radius 1 is 1.13 bits per heavy atom. The van der Waals surface area contributed by atoms with E-state index in [-0.39, 0.29) is 18.5 Å². The topological polar surface area (TPSA) is 59.8 Å². The second-order valence-corrected chi connectivity index (χ2v) is 6.03. The molecule has 0 saturated heterocycles. The van der Waals surface area contributed by atoms with Crippen LogP contribution < -0.4 is 5.32 Å². The van der Waals surface area contributed by atoms with Gasteiger partial charge in [0.25, 0.3) is 0 Å². The summed E-state index contributed by atoms with van der Waals surface area (Å²) in [6.45, 7) is 0.191. The van der Waals surface area contributed by atoms with Gasteiger partial charge in [0.05, 0.1) is 11.6 Å². The van der Waals surface area contributed by atoms with Gasteiger partial charge in [-0.2, -0.15) is 0 Å². The van der Waals surface area contributed by atoms with Crippen LogP contribution in [0.2, 0.25) is 0 Å². The molecule has 1 fully saturated rings. The lowest BCUT2D eigenvalue weighted by Crippen LogP contribution is -2.33. The lowest BCUT2D eigenvalue weighted by Gasteiger charge is -2.18. The van der Waals surface area contributed by atoms with Gasteiger partial charge < -0.3 is 5.32 Å². The fourth-order valence-corrected chi connectivity index (χ4v) is 2.95. The van der Waals surface area contributed by atoms with Gasteiger partial charge in [0.2, 0.25) is 5.91 Å². The van der Waals surface area contributed by atoms with Gasteiger partial charge in [-0.15, -0.1) is 5.10 Å². The van der Waals surface area contributed by atoms with Crippen LogP contribution in [0.3, 0.4) is 0 Å². The number of para-hydroxylation sites is 1. The first-order valence-electron chi connectivity index (χ1n) is 7.94. The molecule has 1 aromatic heterocycles. The molecule has 1 saturated carbocycles. The average molecular weight is 306 g/mol. The highest BCUT2D eigenvalue weighted by atomic mass is 16.2. The van der Waals surface area contributed by atoms with Gasteiger partial charge >= 0.3 is 0 Å². The number of aromatic nitrogens is 3. The van der Waals surface area contributed by atoms with Crippen LogP contribution in [0.5, 0.6) is 0 Å². The molecule has 5 heteroatoms. The molecule has 2 aromatic carbocycles. The molecule has 1 heterocycles. The van der Waals surface area contributed by atoms with E-state index in [9.17, 15) is 4.79 Å². The highest BCUT2D eigenvalue weighted by molar-refractivity contribution is 5.80. The van der Waals surface area contributed by atoms with Crippen molar-refractivity contribution in [3.63, 3.8) is 0 Å². The molecule has 1 aliphatic rings. The van der Waals surface area contributed by atoms with Crippen molar-refractivity contribution in [2.24, 2.45) is 5.92 Å². The zero-order valence-corrected chi connectivity index (χ0v) is 12.7. The zero-order valence-electron chi connectivity index (χ0n) is 12.7. The molecule has 23 heavy (non-hydrogen) atoms. The summed E-state index contributed by atoms with van der Waals surface area (Å²) >= 11 is 0. The summed E-state index contributed by atoms with van der Waals surface area (Å²) in [5.41, 5.74) is 2.86. The van der Waals surface area contributed by atoms with Crippen molar-refractivity contribution in [3.05, 3.63) is 60.2 Å². The Labute approximate surface area is 134 Å². The van der Waals surface area contributed by atoms with Gasteiger partial charge in [0, 0.05) is 0 Å². The molecule has 0 spiro atoms. The average Bonchev–Trinajstić information content (AvgIpc) is 3.36. The molecule has 1 unspecified atom stereocenters. The van der Waals surface area contributed by atoms with E-state index < -0.39 is 0 Å². The molecule has 5 nitrogen and oxygen atoms in total. The summed E-state index contributed by atoms with van der Waals surface area (Å²) in [6.07, 6.45) is 2.35. The quantitative estimate of drug-likeness (QED) is 0.788. The third kappa shape index (κ3) is 2.95. The normalized spacial score (nSPS) is 15.5. The van der Waals surface area contributed by atoms with Crippen molar-refractivity contribution in [2.75, 3.05) is 0 Å². The summed E-state index contributed by atoms with van der Waals surface area (Å²) in [5.74, 6) is 0.523. The van der Waals surface area contributed by atoms with Crippen molar-refractivity contribution < 1.29 is 4.79 Å². The Hall–Kier alpha value is -2.69. The largest absolute Gasteiger partial charge is 0.347 e. The minimum atomic E-state index is -0.0265. The molecule has 1 aliphatic carbocycles. The number of nitrogens with one attached hydrogen (secondary N) is 1. The molecular weight excluding hydrogens is 288 g/mol. The SMILES string of the molecule is O=C(Cn1nnc2ccccc21)NC(c1ccccc1)C1CC1. The Morgan fingerprint density at radius 2 is 1.87 bits per heavy atom. The van der Waals surface area contributed by atoms with Crippen molar-refractivity contribution >= 4 is 16.9 Å². The fraction of sp³-hybridized carbons (Fsp3) is 0.278. The fourth-order valence-electron chi connectivity index (χ4n) is 2.95. The summed E-state index contributed by atoms with van der Waals surface area (Å²) in [6, 6.07) is 17.9. The number of carbonyl (C=O) groups is 1. The maximum atomic E-state index is 12.5. The zero-order chi connectivity index (χ0) is 15.6. The van der Waals surface area contributed by atoms with E-state index in [1.165, 1.54) is 18.4 Å². The predicted octanol–water partition coefficient (Wildman–Crippen LogP) is 2.70. The van der Waals surface area contributed by atoms with Crippen LogP contribution in [-0.2, 0) is 11.3 Å². The van der Waals surface area contributed by atoms with Crippen LogP contribution in [0, 0.1) is 5.92 Å². The minimum absolute atomic E-state index is 0.0265. The van der Waals surface area contributed by atoms with Gasteiger partial charge in [0.15, 0.2) is 0 Å². The molecule has 4 rings (SSSR count). The number of amides is 1. The standard InChI is InChI=1S/C18H18N4O/c23-17(12-22-16-9-5-4-8-15(16)20-21-22)19-18(14-10-11-14)13-6-2-1-3-7-13/h1-9,14,18H,10-12H2,(H,19,23). The first-order valence-corrected chi connectivity index (χ1v) is 7.94. The van der Waals surface area contributed by atoms with E-state index in [0.717, 1.165) is 11.0 Å². The molecule has 1 amide bonds. The van der Waals surface area contributed by atoms with Crippen molar-refractivity contribution in [2.45, 2.75) is 25.4 Å². The maximum absolute atomic E-state index is 12.5. The lowest BCUT2D eigenvalue weighted by atomic mass is 10.0. The number of hydrogen-bond donors (Lipinski definition) is 1. The van der Waals surface area contributed by atoms with Gasteiger partial charge in [-0.05, 0) is 36.5 Å². The Kier molecular flexibility index (Phi) is 3.54. The Bertz CT molecular complexity index is 823. The van der Waals surface area contributed by atoms with Crippen LogP contribution in [0.1, 0.15) is 24.4 Å². The van der Waals surface area contributed by atoms with E-state index in [0.29, 0.717) is 5.92 Å². The van der Waals surface area contributed by atoms with E-state index >= 15 is 0 Å². The molecule has 3 aromatic rings. The molecule has 116 valence electrons. The van der Waals surface area contributed by atoms with Gasteiger partial charge in [-0.25, -0.2) is 4.68 Å². The van der Waals surface area contributed by atoms with Crippen molar-refractivity contribution in [1.29, 1.82) is 0 Å². The molecule has 0 bridgehead atoms. The summed E-state index contributed by atoms with van der Waals surface area (Å²) in [5, 5.41) is 11.3. The van der Waals surface area contributed by atoms with E-state index in [1.54, 1.807) is 4.68 Å². The minimum Gasteiger partial charge on any atom is -0.347 e. The van der Waals surface area contributed by atoms with Gasteiger partial charge in [-0.3, -0.25) is 4.79 Å². The summed E-state index contributed by atoms with van der Waals surface area (Å²) in [7, 11) is 0. The number of carbonyl (C=O) groups excluding carboxylic acids is 1. The van der Waals surface area contributed by atoms with Crippen LogP contribution in [0.25, 0.3) is 11.0 Å². The molecular formula is C18H18N4O. The van der Waals surface area contributed by atoms with E-state index in [4.69, 9.17) is 0 Å². The number of hydrogen-bond acceptors (Lipinski definition) is 3. The number of benzene rings is 2. The summed E-state index contributed by atoms with van der Waals surface area (Å²) < 4.78 is 1.65. The molecule has 0 aliphatic heterocycles. The lowest BCUT2D eigenvalue weighted by molar-refractivity contribution is -0.122. The van der Waals surface area contributed by atoms with Gasteiger partial charge in [-0.1, -0.05) is 47.7 Å². The molecule has 1 N–H and O–H groups in total. The van der Waals surface area contributed by atoms with Crippen molar-refractivity contribution in [1.82, 2.24) is 20.3 Å². The predicted molar refractivity (Wildman–Crippen MR) is 87.6 cm³/mol. The number of fused-ring (bicyclic) bond motifs is 1. The van der Waals surface area contributed by atoms with Gasteiger partial charge in [0.1, 0.15) is 12.1 Å². The number of rotatable bonds is 5. The third-order valence-corrected chi connectivity index (χ3v) is 4.28. The van der Waals surface area contributed by atoms with Crippen LogP contribution in [0.4, 0.5) is 0 Å². The highest BCUT2D eigenvalue weighted by Gasteiger charge is 2.33. The second kappa shape index (κ2) is 5.83. The monoisotopic (exact) mass is 306 g/mol. The van der Waals surface area contributed by atoms with Crippen LogP contribution in [-0.4, -0.2) is 20.9 Å². The summed E-state index contributed by atoms with van der Waals surface area (Å²) in [4.78, 5) is 12.5. The first kappa shape index (κ1) is 13.9. The van der Waals surface area contributed by atoms with Crippen molar-refractivity contribution in [3.8, 4) is 0 Å². The first-order chi connectivity index (χ1) is 11.3. The molecule has 1 atom stereocenters. The van der Waals surface area contributed by atoms with Crippen LogP contribution in [0.15, 0.2) is 54.6 Å². The third-order valence-electron chi connectivity index (χ3n) is 4.28. The highest BCUT2D eigenvalue weighted by Crippen LogP contribution is 2.40. The Balaban J connectivity index is 1.50. The second-order valence-electron chi connectivity index (χ2n) is 6.03.